The summed E-state index contributed by atoms with van der Waals surface area (Å²) >= 11 is 0. The summed E-state index contributed by atoms with van der Waals surface area (Å²) in [6, 6.07) is 12.6. The van der Waals surface area contributed by atoms with E-state index in [9.17, 15) is 13.2 Å². The number of rotatable bonds is 6. The molecule has 0 aromatic heterocycles. The average molecular weight is 282 g/mol. The molecule has 2 aromatic rings. The number of hydrogen-bond donors (Lipinski definition) is 2. The highest BCUT2D eigenvalue weighted by atomic mass is 19.3. The molecular formula is C14H13F3N2O. The topological polar surface area (TPSA) is 33.3 Å². The number of alkyl halides is 2. The first kappa shape index (κ1) is 14.2. The smallest absolute Gasteiger partial charge is 0.387 e. The van der Waals surface area contributed by atoms with Crippen molar-refractivity contribution in [2.45, 2.75) is 13.2 Å². The molecule has 0 atom stereocenters. The molecular weight excluding hydrogens is 269 g/mol. The van der Waals surface area contributed by atoms with Gasteiger partial charge in [0.2, 0.25) is 0 Å². The molecule has 3 nitrogen and oxygen atoms in total. The van der Waals surface area contributed by atoms with E-state index in [1.807, 2.05) is 30.3 Å². The molecule has 0 aliphatic heterocycles. The Bertz CT molecular complexity index is 549. The SMILES string of the molecule is Fc1ccc(OC(F)F)c(CNNc2ccccc2)c1. The molecule has 0 amide bonds. The molecule has 0 heterocycles. The molecule has 0 aliphatic carbocycles. The van der Waals surface area contributed by atoms with Crippen molar-refractivity contribution in [1.29, 1.82) is 0 Å². The molecule has 0 bridgehead atoms. The largest absolute Gasteiger partial charge is 0.434 e. The van der Waals surface area contributed by atoms with Crippen LogP contribution in [0, 0.1) is 5.82 Å². The van der Waals surface area contributed by atoms with Crippen LogP contribution in [-0.4, -0.2) is 6.61 Å². The van der Waals surface area contributed by atoms with Crippen LogP contribution >= 0.6 is 0 Å². The van der Waals surface area contributed by atoms with Gasteiger partial charge in [0, 0.05) is 17.8 Å². The van der Waals surface area contributed by atoms with Gasteiger partial charge in [0.25, 0.3) is 0 Å². The van der Waals surface area contributed by atoms with Crippen molar-refractivity contribution in [2.75, 3.05) is 5.43 Å². The minimum Gasteiger partial charge on any atom is -0.434 e. The van der Waals surface area contributed by atoms with Gasteiger partial charge in [-0.3, -0.25) is 0 Å². The van der Waals surface area contributed by atoms with E-state index in [1.54, 1.807) is 0 Å². The van der Waals surface area contributed by atoms with Crippen LogP contribution < -0.4 is 15.6 Å². The molecule has 20 heavy (non-hydrogen) atoms. The van der Waals surface area contributed by atoms with Crippen LogP contribution in [0.5, 0.6) is 5.75 Å². The summed E-state index contributed by atoms with van der Waals surface area (Å²) in [5, 5.41) is 0. The highest BCUT2D eigenvalue weighted by Crippen LogP contribution is 2.21. The van der Waals surface area contributed by atoms with E-state index in [0.717, 1.165) is 17.8 Å². The molecule has 0 saturated heterocycles. The van der Waals surface area contributed by atoms with Gasteiger partial charge in [-0.05, 0) is 30.3 Å². The number of para-hydroxylation sites is 1. The highest BCUT2D eigenvalue weighted by molar-refractivity contribution is 5.41. The number of nitrogens with one attached hydrogen (secondary N) is 2. The van der Waals surface area contributed by atoms with Crippen LogP contribution in [-0.2, 0) is 6.54 Å². The third kappa shape index (κ3) is 4.17. The highest BCUT2D eigenvalue weighted by Gasteiger charge is 2.10. The minimum absolute atomic E-state index is 0.0521. The van der Waals surface area contributed by atoms with E-state index in [1.165, 1.54) is 6.07 Å². The third-order valence-electron chi connectivity index (χ3n) is 2.52. The fraction of sp³-hybridized carbons (Fsp3) is 0.143. The molecule has 0 spiro atoms. The monoisotopic (exact) mass is 282 g/mol. The second-order valence-electron chi connectivity index (χ2n) is 3.98. The second kappa shape index (κ2) is 6.81. The van der Waals surface area contributed by atoms with Gasteiger partial charge in [-0.1, -0.05) is 18.2 Å². The Hall–Kier alpha value is -2.21. The van der Waals surface area contributed by atoms with Crippen LogP contribution in [0.3, 0.4) is 0 Å². The van der Waals surface area contributed by atoms with Crippen molar-refractivity contribution in [2.24, 2.45) is 0 Å². The molecule has 2 aromatic carbocycles. The van der Waals surface area contributed by atoms with Gasteiger partial charge < -0.3 is 10.2 Å². The molecule has 106 valence electrons. The van der Waals surface area contributed by atoms with Crippen molar-refractivity contribution < 1.29 is 17.9 Å². The second-order valence-corrected chi connectivity index (χ2v) is 3.98. The summed E-state index contributed by atoms with van der Waals surface area (Å²) in [4.78, 5) is 0. The summed E-state index contributed by atoms with van der Waals surface area (Å²) in [5.41, 5.74) is 6.80. The normalized spacial score (nSPS) is 10.6. The van der Waals surface area contributed by atoms with Crippen molar-refractivity contribution >= 4 is 5.69 Å². The molecule has 6 heteroatoms. The predicted molar refractivity (Wildman–Crippen MR) is 69.9 cm³/mol. The zero-order chi connectivity index (χ0) is 14.4. The fourth-order valence-electron chi connectivity index (χ4n) is 1.66. The Morgan fingerprint density at radius 2 is 1.80 bits per heavy atom. The molecule has 0 aliphatic rings. The number of anilines is 1. The van der Waals surface area contributed by atoms with Crippen molar-refractivity contribution in [3.63, 3.8) is 0 Å². The van der Waals surface area contributed by atoms with Gasteiger partial charge in [0.05, 0.1) is 0 Å². The number of halogens is 3. The lowest BCUT2D eigenvalue weighted by Gasteiger charge is -2.12. The number of hydrogen-bond acceptors (Lipinski definition) is 3. The molecule has 0 fully saturated rings. The summed E-state index contributed by atoms with van der Waals surface area (Å²) in [7, 11) is 0. The Morgan fingerprint density at radius 3 is 2.50 bits per heavy atom. The Kier molecular flexibility index (Phi) is 4.84. The van der Waals surface area contributed by atoms with Gasteiger partial charge >= 0.3 is 6.61 Å². The Morgan fingerprint density at radius 1 is 1.05 bits per heavy atom. The van der Waals surface area contributed by atoms with E-state index in [-0.39, 0.29) is 12.3 Å². The van der Waals surface area contributed by atoms with Gasteiger partial charge in [-0.15, -0.1) is 0 Å². The average Bonchev–Trinajstić information content (AvgIpc) is 2.42. The van der Waals surface area contributed by atoms with Crippen LogP contribution in [0.1, 0.15) is 5.56 Å². The van der Waals surface area contributed by atoms with Gasteiger partial charge in [-0.25, -0.2) is 9.82 Å². The maximum absolute atomic E-state index is 13.1. The summed E-state index contributed by atoms with van der Waals surface area (Å²) in [5.74, 6) is -0.563. The lowest BCUT2D eigenvalue weighted by atomic mass is 10.2. The van der Waals surface area contributed by atoms with E-state index >= 15 is 0 Å². The van der Waals surface area contributed by atoms with Gasteiger partial charge in [-0.2, -0.15) is 8.78 Å². The van der Waals surface area contributed by atoms with Gasteiger partial charge in [0.1, 0.15) is 11.6 Å². The molecule has 0 unspecified atom stereocenters. The van der Waals surface area contributed by atoms with E-state index < -0.39 is 12.4 Å². The van der Waals surface area contributed by atoms with Crippen LogP contribution in [0.15, 0.2) is 48.5 Å². The Labute approximate surface area is 114 Å². The first-order valence-corrected chi connectivity index (χ1v) is 5.92. The summed E-state index contributed by atoms with van der Waals surface area (Å²) < 4.78 is 42.0. The number of ether oxygens (including phenoxy) is 1. The van der Waals surface area contributed by atoms with Crippen LogP contribution in [0.25, 0.3) is 0 Å². The summed E-state index contributed by atoms with van der Waals surface area (Å²) in [6.07, 6.45) is 0. The van der Waals surface area contributed by atoms with Crippen LogP contribution in [0.4, 0.5) is 18.9 Å². The Balaban J connectivity index is 1.99. The van der Waals surface area contributed by atoms with Crippen molar-refractivity contribution in [3.8, 4) is 5.75 Å². The summed E-state index contributed by atoms with van der Waals surface area (Å²) in [6.45, 7) is -2.81. The third-order valence-corrected chi connectivity index (χ3v) is 2.52. The van der Waals surface area contributed by atoms with Gasteiger partial charge in [0.15, 0.2) is 0 Å². The van der Waals surface area contributed by atoms with E-state index in [2.05, 4.69) is 15.6 Å². The molecule has 0 radical (unpaired) electrons. The van der Waals surface area contributed by atoms with Crippen LogP contribution in [0.2, 0.25) is 0 Å². The number of hydrazine groups is 1. The standard InChI is InChI=1S/C14H13F3N2O/c15-11-6-7-13(20-14(16)17)10(8-11)9-18-19-12-4-2-1-3-5-12/h1-8,14,18-19H,9H2. The lowest BCUT2D eigenvalue weighted by molar-refractivity contribution is -0.0505. The van der Waals surface area contributed by atoms with Crippen molar-refractivity contribution in [1.82, 2.24) is 5.43 Å². The van der Waals surface area contributed by atoms with Crippen molar-refractivity contribution in [3.05, 3.63) is 59.9 Å². The maximum Gasteiger partial charge on any atom is 0.387 e. The zero-order valence-corrected chi connectivity index (χ0v) is 10.4. The quantitative estimate of drug-likeness (QED) is 0.795. The van der Waals surface area contributed by atoms with E-state index in [4.69, 9.17) is 0 Å². The lowest BCUT2D eigenvalue weighted by Crippen LogP contribution is -2.21. The fourth-order valence-corrected chi connectivity index (χ4v) is 1.66. The first-order chi connectivity index (χ1) is 9.65. The predicted octanol–water partition coefficient (Wildman–Crippen LogP) is 3.54. The van der Waals surface area contributed by atoms with E-state index in [0.29, 0.717) is 5.56 Å². The first-order valence-electron chi connectivity index (χ1n) is 5.92. The molecule has 2 rings (SSSR count). The molecule has 0 saturated carbocycles. The zero-order valence-electron chi connectivity index (χ0n) is 10.4. The molecule has 2 N–H and O–H groups in total. The maximum atomic E-state index is 13.1. The number of benzene rings is 2. The minimum atomic E-state index is -2.94.